The van der Waals surface area contributed by atoms with Gasteiger partial charge in [0.15, 0.2) is 12.2 Å². The van der Waals surface area contributed by atoms with Crippen molar-refractivity contribution >= 4 is 94.6 Å². The summed E-state index contributed by atoms with van der Waals surface area (Å²) >= 11 is 0. The maximum Gasteiger partial charge on any atom is 0.329 e. The Morgan fingerprint density at radius 3 is 1.62 bits per heavy atom. The number of aliphatic hydroxyl groups is 5. The van der Waals surface area contributed by atoms with Crippen LogP contribution in [-0.4, -0.2) is 273 Å². The van der Waals surface area contributed by atoms with E-state index in [0.29, 0.717) is 11.3 Å². The van der Waals surface area contributed by atoms with Crippen LogP contribution in [0.1, 0.15) is 155 Å². The average molecular weight is 1560 g/mol. The molecule has 1 aliphatic rings. The Morgan fingerprint density at radius 1 is 0.606 bits per heavy atom. The first-order chi connectivity index (χ1) is 50.4. The van der Waals surface area contributed by atoms with E-state index in [9.17, 15) is 92.7 Å². The molecule has 15 amide bonds. The monoisotopic (exact) mass is 1560 g/mol. The van der Waals surface area contributed by atoms with Gasteiger partial charge in [-0.3, -0.25) is 71.9 Å². The molecule has 22 atom stereocenters. The second-order valence-corrected chi connectivity index (χ2v) is 29.8. The van der Waals surface area contributed by atoms with E-state index >= 15 is 9.59 Å². The lowest BCUT2D eigenvalue weighted by Crippen LogP contribution is -2.66. The quantitative estimate of drug-likeness (QED) is 0.0259. The van der Waals surface area contributed by atoms with E-state index in [1.54, 1.807) is 34.6 Å². The van der Waals surface area contributed by atoms with Gasteiger partial charge >= 0.3 is 5.97 Å². The smallest absolute Gasteiger partial charge is 0.329 e. The number of esters is 1. The van der Waals surface area contributed by atoms with Crippen molar-refractivity contribution in [2.45, 2.75) is 263 Å². The fourth-order valence-corrected chi connectivity index (χ4v) is 12.1. The average Bonchev–Trinajstić information content (AvgIpc) is 1.04. The molecule has 0 radical (unpaired) electrons. The van der Waals surface area contributed by atoms with Crippen LogP contribution in [0.25, 0.3) is 0 Å². The summed E-state index contributed by atoms with van der Waals surface area (Å²) in [7, 11) is 2.99. The van der Waals surface area contributed by atoms with Crippen LogP contribution in [-0.2, 0) is 86.2 Å². The molecule has 1 heterocycles. The highest BCUT2D eigenvalue weighted by atomic mass is 16.5. The molecule has 1 rings (SSSR count). The molecule has 40 heteroatoms. The Kier molecular flexibility index (Phi) is 40.9. The summed E-state index contributed by atoms with van der Waals surface area (Å²) < 4.78 is 11.1. The van der Waals surface area contributed by atoms with Gasteiger partial charge in [0.05, 0.1) is 36.2 Å². The van der Waals surface area contributed by atoms with Gasteiger partial charge in [-0.2, -0.15) is 0 Å². The molecule has 40 nitrogen and oxygen atoms in total. The number of methoxy groups -OCH3 is 1. The SMILES string of the molecule is CCC(C)CC(C)C(O)C(C)C(=O)N[C@H](CN)C(=O)NC(C(O)C(O)C(=O)NC(C(=O)N[C@H]1C(=O)N[C@H]([C@@H](C)O)C(=O)N[C@H](CCCN)C(=O)N[C@@H](CC(C)C)C(=O)N(C)[C@@H](CCC(N)=O)C(=O)NC(C(OC)C(N)=O)C(=O)N[C@H](CC(N)=O)C(=O)N(C)[C@@H](CC(C)C)C(=O)O[C@@H]1C)C(C)C(C)C(N)=O)C(C)(C)O. The third-order valence-electron chi connectivity index (χ3n) is 19.3. The molecule has 26 N–H and O–H groups in total. The summed E-state index contributed by atoms with van der Waals surface area (Å²) in [5.41, 5.74) is 32.0. The van der Waals surface area contributed by atoms with Crippen LogP contribution in [0.4, 0.5) is 0 Å². The molecule has 0 spiro atoms. The van der Waals surface area contributed by atoms with Gasteiger partial charge in [0, 0.05) is 40.1 Å². The highest BCUT2D eigenvalue weighted by molar-refractivity contribution is 6.01. The molecular formula is C69H123N17O23. The number of cyclic esters (lactones) is 1. The second kappa shape index (κ2) is 45.4. The third kappa shape index (κ3) is 30.2. The van der Waals surface area contributed by atoms with Gasteiger partial charge in [-0.15, -0.1) is 0 Å². The van der Waals surface area contributed by atoms with Crippen LogP contribution in [0.2, 0.25) is 0 Å². The number of aliphatic hydroxyl groups excluding tert-OH is 4. The van der Waals surface area contributed by atoms with E-state index in [-0.39, 0.29) is 44.1 Å². The van der Waals surface area contributed by atoms with Gasteiger partial charge in [-0.05, 0) is 102 Å². The molecule has 0 aromatic rings. The molecule has 109 heavy (non-hydrogen) atoms. The molecule has 0 saturated carbocycles. The predicted molar refractivity (Wildman–Crippen MR) is 390 cm³/mol. The summed E-state index contributed by atoms with van der Waals surface area (Å²) in [6.45, 7) is 19.4. The van der Waals surface area contributed by atoms with Crippen LogP contribution >= 0.6 is 0 Å². The van der Waals surface area contributed by atoms with E-state index in [4.69, 9.17) is 43.9 Å². The van der Waals surface area contributed by atoms with Crippen LogP contribution in [0, 0.1) is 41.4 Å². The van der Waals surface area contributed by atoms with Gasteiger partial charge in [-0.1, -0.05) is 75.7 Å². The summed E-state index contributed by atoms with van der Waals surface area (Å²) in [5.74, 6) is -25.4. The minimum absolute atomic E-state index is 0.0123. The Morgan fingerprint density at radius 2 is 1.14 bits per heavy atom. The number of nitrogens with zero attached hydrogens (tertiary/aromatic N) is 2. The topological polar surface area (TPSA) is 664 Å². The minimum atomic E-state index is -2.75. The van der Waals surface area contributed by atoms with Crippen molar-refractivity contribution < 1.29 is 112 Å². The molecule has 0 aromatic carbocycles. The van der Waals surface area contributed by atoms with Crippen LogP contribution in [0.3, 0.4) is 0 Å². The van der Waals surface area contributed by atoms with Crippen LogP contribution < -0.4 is 82.3 Å². The lowest BCUT2D eigenvalue weighted by molar-refractivity contribution is -0.162. The standard InChI is InChI=1S/C69H123N17O23/c1-18-31(6)26-32(7)50(90)35(10)57(95)79-41(28-71)59(97)84-54(69(13,14)107)51(91)52(92)65(103)80-46(33(8)34(9)55(74)93)61(99)82-48-37(12)109-68(106)43(25-30(4)5)86(16)67(105)40(27-45(73)89)78-64(102)49(53(108-17)56(75)94)83-60(98)42(21-22-44(72)88)85(15)66(104)39(24-29(2)3)77-58(96)38(20-19-23-70)76-62(100)47(36(11)87)81-63(48)101/h29-43,46-54,87,90-92,107H,18-28,70-71H2,1-17H3,(H2,72,88)(H2,73,89)(H2,74,93)(H2,75,94)(H,76,100)(H,77,96)(H,78,102)(H,79,95)(H,80,103)(H,81,101)(H,82,99)(H,83,98)(H,84,97)/t31?,32?,33?,34?,35?,36-,37-,38-,39+,40-,41-,42+,43+,46?,47-,48-,49?,50?,51?,52?,53?,54?/m1/s1. The molecule has 1 aliphatic heterocycles. The Balaban J connectivity index is 4.50. The van der Waals surface area contributed by atoms with Gasteiger partial charge in [0.1, 0.15) is 72.6 Å². The summed E-state index contributed by atoms with van der Waals surface area (Å²) in [6, 6.07) is -21.6. The Bertz CT molecular complexity index is 3160. The zero-order valence-electron chi connectivity index (χ0n) is 65.6. The zero-order chi connectivity index (χ0) is 84.3. The number of hydrogen-bond donors (Lipinski definition) is 20. The van der Waals surface area contributed by atoms with Crippen molar-refractivity contribution in [3.63, 3.8) is 0 Å². The molecule has 0 aromatic heterocycles. The van der Waals surface area contributed by atoms with E-state index in [1.165, 1.54) is 20.8 Å². The fourth-order valence-electron chi connectivity index (χ4n) is 12.1. The predicted octanol–water partition coefficient (Wildman–Crippen LogP) is -7.92. The summed E-state index contributed by atoms with van der Waals surface area (Å²) in [5, 5.41) is 78.1. The molecule has 622 valence electrons. The van der Waals surface area contributed by atoms with Crippen molar-refractivity contribution in [1.29, 1.82) is 0 Å². The van der Waals surface area contributed by atoms with Crippen molar-refractivity contribution in [2.75, 3.05) is 34.3 Å². The number of amides is 15. The minimum Gasteiger partial charge on any atom is -0.458 e. The van der Waals surface area contributed by atoms with Crippen molar-refractivity contribution in [1.82, 2.24) is 57.7 Å². The second-order valence-electron chi connectivity index (χ2n) is 29.8. The Hall–Kier alpha value is -8.80. The van der Waals surface area contributed by atoms with Crippen LogP contribution in [0.5, 0.6) is 0 Å². The van der Waals surface area contributed by atoms with Crippen LogP contribution in [0.15, 0.2) is 0 Å². The third-order valence-corrected chi connectivity index (χ3v) is 19.3. The van der Waals surface area contributed by atoms with Gasteiger partial charge in [-0.25, -0.2) is 4.79 Å². The normalized spacial score (nSPS) is 24.4. The number of primary amides is 4. The number of carbonyl (C=O) groups excluding carboxylic acids is 16. The number of rotatable bonds is 36. The first-order valence-electron chi connectivity index (χ1n) is 36.4. The molecule has 0 bridgehead atoms. The van der Waals surface area contributed by atoms with Crippen molar-refractivity contribution in [3.8, 4) is 0 Å². The van der Waals surface area contributed by atoms with Gasteiger partial charge in [0.2, 0.25) is 82.7 Å². The number of ether oxygens (including phenoxy) is 2. The molecule has 1 fully saturated rings. The highest BCUT2D eigenvalue weighted by Gasteiger charge is 2.47. The van der Waals surface area contributed by atoms with Gasteiger partial charge in [0.25, 0.3) is 5.91 Å². The van der Waals surface area contributed by atoms with Crippen molar-refractivity contribution in [2.24, 2.45) is 75.8 Å². The molecule has 0 aliphatic carbocycles. The Labute approximate surface area is 635 Å². The van der Waals surface area contributed by atoms with E-state index in [1.807, 2.05) is 13.8 Å². The number of likely N-dealkylation sites (N-methyl/N-ethyl adjacent to an activating group) is 2. The van der Waals surface area contributed by atoms with E-state index in [2.05, 4.69) is 47.9 Å². The maximum absolute atomic E-state index is 15.2. The largest absolute Gasteiger partial charge is 0.458 e. The number of carbonyl (C=O) groups is 16. The molecular weight excluding hydrogens is 1430 g/mol. The maximum atomic E-state index is 15.2. The van der Waals surface area contributed by atoms with Crippen molar-refractivity contribution in [3.05, 3.63) is 0 Å². The summed E-state index contributed by atoms with van der Waals surface area (Å²) in [6.07, 6.45) is -14.3. The van der Waals surface area contributed by atoms with E-state index < -0.39 is 259 Å². The number of nitrogens with two attached hydrogens (primary N) is 6. The number of nitrogens with one attached hydrogen (secondary N) is 9. The molecule has 1 saturated heterocycles. The lowest BCUT2D eigenvalue weighted by atomic mass is 9.85. The zero-order valence-corrected chi connectivity index (χ0v) is 65.6. The highest BCUT2D eigenvalue weighted by Crippen LogP contribution is 2.25. The summed E-state index contributed by atoms with van der Waals surface area (Å²) in [4.78, 5) is 228. The van der Waals surface area contributed by atoms with Gasteiger partial charge < -0.3 is 127 Å². The van der Waals surface area contributed by atoms with E-state index in [0.717, 1.165) is 60.2 Å². The first-order valence-corrected chi connectivity index (χ1v) is 36.4. The lowest BCUT2D eigenvalue weighted by Gasteiger charge is -2.37. The fraction of sp³-hybridized carbons (Fsp3) is 0.768. The number of hydrogen-bond acceptors (Lipinski definition) is 25. The molecule has 12 unspecified atom stereocenters. The first kappa shape index (κ1) is 98.2.